The van der Waals surface area contributed by atoms with Crippen molar-refractivity contribution < 1.29 is 19.4 Å². The fraction of sp³-hybridized carbons (Fsp3) is 0.385. The second-order valence-corrected chi connectivity index (χ2v) is 4.37. The van der Waals surface area contributed by atoms with Crippen LogP contribution >= 0.6 is 0 Å². The number of rotatable bonds is 5. The van der Waals surface area contributed by atoms with Gasteiger partial charge >= 0.3 is 5.97 Å². The van der Waals surface area contributed by atoms with Crippen molar-refractivity contribution in [2.75, 3.05) is 19.4 Å². The van der Waals surface area contributed by atoms with E-state index in [1.165, 1.54) is 18.1 Å². The first-order chi connectivity index (χ1) is 8.86. The molecule has 6 nitrogen and oxygen atoms in total. The zero-order valence-electron chi connectivity index (χ0n) is 11.2. The highest BCUT2D eigenvalue weighted by atomic mass is 16.5. The van der Waals surface area contributed by atoms with Gasteiger partial charge in [0, 0.05) is 11.7 Å². The van der Waals surface area contributed by atoms with Crippen LogP contribution in [0.15, 0.2) is 18.2 Å². The number of nitrogens with two attached hydrogens (primary N) is 1. The van der Waals surface area contributed by atoms with Gasteiger partial charge < -0.3 is 20.5 Å². The van der Waals surface area contributed by atoms with Crippen molar-refractivity contribution in [1.29, 1.82) is 0 Å². The molecule has 0 radical (unpaired) electrons. The number of ether oxygens (including phenoxy) is 1. The molecule has 0 aliphatic rings. The van der Waals surface area contributed by atoms with Crippen molar-refractivity contribution in [3.05, 3.63) is 23.8 Å². The zero-order valence-corrected chi connectivity index (χ0v) is 11.2. The number of carboxylic acids is 1. The van der Waals surface area contributed by atoms with Crippen LogP contribution < -0.4 is 10.5 Å². The third-order valence-electron chi connectivity index (χ3n) is 2.68. The molecule has 1 rings (SSSR count). The molecule has 0 saturated heterocycles. The number of nitrogens with zero attached hydrogens (tertiary/aromatic N) is 1. The lowest BCUT2D eigenvalue weighted by Crippen LogP contribution is -2.40. The summed E-state index contributed by atoms with van der Waals surface area (Å²) >= 11 is 0. The smallest absolute Gasteiger partial charge is 0.323 e. The van der Waals surface area contributed by atoms with E-state index in [-0.39, 0.29) is 18.2 Å². The third kappa shape index (κ3) is 3.61. The van der Waals surface area contributed by atoms with Gasteiger partial charge in [0.25, 0.3) is 5.91 Å². The summed E-state index contributed by atoms with van der Waals surface area (Å²) in [6.07, 6.45) is 0. The van der Waals surface area contributed by atoms with Crippen LogP contribution in [0, 0.1) is 0 Å². The van der Waals surface area contributed by atoms with Crippen LogP contribution in [-0.4, -0.2) is 41.6 Å². The molecule has 0 spiro atoms. The SMILES string of the molecule is COc1ccc(N)c(C(=O)N(CC(=O)O)C(C)C)c1. The molecule has 0 fully saturated rings. The van der Waals surface area contributed by atoms with E-state index in [1.54, 1.807) is 26.0 Å². The van der Waals surface area contributed by atoms with Crippen molar-refractivity contribution in [2.24, 2.45) is 0 Å². The maximum absolute atomic E-state index is 12.3. The number of aliphatic carboxylic acids is 1. The van der Waals surface area contributed by atoms with Crippen LogP contribution in [-0.2, 0) is 4.79 Å². The number of nitrogen functional groups attached to an aromatic ring is 1. The monoisotopic (exact) mass is 266 g/mol. The van der Waals surface area contributed by atoms with Crippen molar-refractivity contribution >= 4 is 17.6 Å². The van der Waals surface area contributed by atoms with Gasteiger partial charge in [-0.1, -0.05) is 0 Å². The van der Waals surface area contributed by atoms with Gasteiger partial charge in [0.05, 0.1) is 12.7 Å². The first kappa shape index (κ1) is 14.8. The van der Waals surface area contributed by atoms with Gasteiger partial charge in [0.15, 0.2) is 0 Å². The van der Waals surface area contributed by atoms with Crippen LogP contribution in [0.3, 0.4) is 0 Å². The van der Waals surface area contributed by atoms with Crippen molar-refractivity contribution in [3.8, 4) is 5.75 Å². The number of methoxy groups -OCH3 is 1. The summed E-state index contributed by atoms with van der Waals surface area (Å²) in [6.45, 7) is 3.13. The Balaban J connectivity index is 3.12. The molecule has 0 aromatic heterocycles. The molecule has 0 aliphatic carbocycles. The van der Waals surface area contributed by atoms with Gasteiger partial charge in [0.2, 0.25) is 0 Å². The second-order valence-electron chi connectivity index (χ2n) is 4.37. The summed E-state index contributed by atoms with van der Waals surface area (Å²) in [6, 6.07) is 4.47. The molecule has 0 bridgehead atoms. The molecule has 3 N–H and O–H groups in total. The molecule has 104 valence electrons. The van der Waals surface area contributed by atoms with E-state index >= 15 is 0 Å². The predicted molar refractivity (Wildman–Crippen MR) is 71.2 cm³/mol. The maximum atomic E-state index is 12.3. The molecule has 0 saturated carbocycles. The Hall–Kier alpha value is -2.24. The standard InChI is InChI=1S/C13H18N2O4/c1-8(2)15(7-12(16)17)13(18)10-6-9(19-3)4-5-11(10)14/h4-6,8H,7,14H2,1-3H3,(H,16,17). The zero-order chi connectivity index (χ0) is 14.6. The van der Waals surface area contributed by atoms with Crippen LogP contribution in [0.1, 0.15) is 24.2 Å². The van der Waals surface area contributed by atoms with Gasteiger partial charge in [-0.15, -0.1) is 0 Å². The minimum absolute atomic E-state index is 0.241. The second kappa shape index (κ2) is 6.08. The lowest BCUT2D eigenvalue weighted by atomic mass is 10.1. The summed E-state index contributed by atoms with van der Waals surface area (Å²) in [5.74, 6) is -0.992. The topological polar surface area (TPSA) is 92.9 Å². The Morgan fingerprint density at radius 2 is 2.05 bits per heavy atom. The van der Waals surface area contributed by atoms with E-state index < -0.39 is 11.9 Å². The molecule has 1 aromatic carbocycles. The maximum Gasteiger partial charge on any atom is 0.323 e. The summed E-state index contributed by atoms with van der Waals surface area (Å²) < 4.78 is 5.04. The minimum Gasteiger partial charge on any atom is -0.497 e. The Morgan fingerprint density at radius 1 is 1.42 bits per heavy atom. The summed E-state index contributed by atoms with van der Waals surface area (Å²) in [7, 11) is 1.48. The number of hydrogen-bond acceptors (Lipinski definition) is 4. The van der Waals surface area contributed by atoms with Crippen LogP contribution in [0.25, 0.3) is 0 Å². The average Bonchev–Trinajstić information content (AvgIpc) is 2.35. The van der Waals surface area contributed by atoms with Crippen LogP contribution in [0.4, 0.5) is 5.69 Å². The molecule has 1 amide bonds. The Morgan fingerprint density at radius 3 is 2.53 bits per heavy atom. The summed E-state index contributed by atoms with van der Waals surface area (Å²) in [4.78, 5) is 24.4. The third-order valence-corrected chi connectivity index (χ3v) is 2.68. The number of hydrogen-bond donors (Lipinski definition) is 2. The minimum atomic E-state index is -1.07. The summed E-state index contributed by atoms with van der Waals surface area (Å²) in [5.41, 5.74) is 6.30. The first-order valence-electron chi connectivity index (χ1n) is 5.83. The molecule has 0 unspecified atom stereocenters. The Labute approximate surface area is 111 Å². The van der Waals surface area contributed by atoms with Crippen molar-refractivity contribution in [2.45, 2.75) is 19.9 Å². The van der Waals surface area contributed by atoms with Gasteiger partial charge in [-0.05, 0) is 32.0 Å². The fourth-order valence-electron chi connectivity index (χ4n) is 1.64. The van der Waals surface area contributed by atoms with E-state index in [0.717, 1.165) is 0 Å². The Bertz CT molecular complexity index is 486. The van der Waals surface area contributed by atoms with E-state index in [4.69, 9.17) is 15.6 Å². The van der Waals surface area contributed by atoms with E-state index in [9.17, 15) is 9.59 Å². The molecule has 1 aromatic rings. The normalized spacial score (nSPS) is 10.3. The van der Waals surface area contributed by atoms with E-state index in [1.807, 2.05) is 0 Å². The van der Waals surface area contributed by atoms with Gasteiger partial charge in [-0.3, -0.25) is 9.59 Å². The molecule has 0 aliphatic heterocycles. The number of carbonyl (C=O) groups excluding carboxylic acids is 1. The number of anilines is 1. The Kier molecular flexibility index (Phi) is 4.74. The molecular formula is C13H18N2O4. The average molecular weight is 266 g/mol. The highest BCUT2D eigenvalue weighted by Crippen LogP contribution is 2.21. The highest BCUT2D eigenvalue weighted by molar-refractivity contribution is 6.00. The predicted octanol–water partition coefficient (Wildman–Crippen LogP) is 1.21. The molecule has 19 heavy (non-hydrogen) atoms. The fourth-order valence-corrected chi connectivity index (χ4v) is 1.64. The van der Waals surface area contributed by atoms with Crippen LogP contribution in [0.2, 0.25) is 0 Å². The van der Waals surface area contributed by atoms with Crippen molar-refractivity contribution in [3.63, 3.8) is 0 Å². The summed E-state index contributed by atoms with van der Waals surface area (Å²) in [5, 5.41) is 8.85. The molecule has 6 heteroatoms. The highest BCUT2D eigenvalue weighted by Gasteiger charge is 2.23. The van der Waals surface area contributed by atoms with Crippen molar-refractivity contribution in [1.82, 2.24) is 4.90 Å². The van der Waals surface area contributed by atoms with Gasteiger partial charge in [-0.2, -0.15) is 0 Å². The van der Waals surface area contributed by atoms with E-state index in [2.05, 4.69) is 0 Å². The number of amides is 1. The molecular weight excluding hydrogens is 248 g/mol. The first-order valence-corrected chi connectivity index (χ1v) is 5.83. The number of benzene rings is 1. The van der Waals surface area contributed by atoms with E-state index in [0.29, 0.717) is 11.4 Å². The lowest BCUT2D eigenvalue weighted by Gasteiger charge is -2.25. The molecule has 0 heterocycles. The van der Waals surface area contributed by atoms with Gasteiger partial charge in [-0.25, -0.2) is 0 Å². The van der Waals surface area contributed by atoms with Crippen LogP contribution in [0.5, 0.6) is 5.75 Å². The number of carboxylic acid groups (broad SMARTS) is 1. The number of carbonyl (C=O) groups is 2. The molecule has 0 atom stereocenters. The van der Waals surface area contributed by atoms with Gasteiger partial charge in [0.1, 0.15) is 12.3 Å². The largest absolute Gasteiger partial charge is 0.497 e. The quantitative estimate of drug-likeness (QED) is 0.781. The lowest BCUT2D eigenvalue weighted by molar-refractivity contribution is -0.138.